The molecule has 136 valence electrons. The van der Waals surface area contributed by atoms with E-state index in [-0.39, 0.29) is 5.56 Å². The number of carbonyl (C=O) groups excluding carboxylic acids is 3. The fourth-order valence-electron chi connectivity index (χ4n) is 1.39. The number of carbonyl (C=O) groups is 3. The lowest BCUT2D eigenvalue weighted by atomic mass is 10.1. The summed E-state index contributed by atoms with van der Waals surface area (Å²) in [4.78, 5) is 39.2. The fourth-order valence-corrected chi connectivity index (χ4v) is 1.66. The second-order valence-corrected chi connectivity index (χ2v) is 8.84. The van der Waals surface area contributed by atoms with Crippen molar-refractivity contribution in [1.82, 2.24) is 5.32 Å². The zero-order chi connectivity index (χ0) is 19.4. The van der Waals surface area contributed by atoms with Crippen LogP contribution in [0.25, 0.3) is 0 Å². The van der Waals surface area contributed by atoms with Crippen LogP contribution in [0.4, 0.5) is 0 Å². The first-order valence-electron chi connectivity index (χ1n) is 6.13. The van der Waals surface area contributed by atoms with Crippen molar-refractivity contribution in [2.45, 2.75) is 7.59 Å². The Morgan fingerprint density at radius 1 is 0.960 bits per heavy atom. The first-order chi connectivity index (χ1) is 11.4. The van der Waals surface area contributed by atoms with Crippen LogP contribution in [-0.2, 0) is 14.4 Å². The molecule has 0 aliphatic heterocycles. The van der Waals surface area contributed by atoms with Crippen LogP contribution in [0.1, 0.15) is 5.56 Å². The van der Waals surface area contributed by atoms with E-state index in [0.717, 1.165) is 0 Å². The molecule has 25 heavy (non-hydrogen) atoms. The Kier molecular flexibility index (Phi) is 7.80. The average Bonchev–Trinajstić information content (AvgIpc) is 2.50. The number of imide groups is 1. The summed E-state index contributed by atoms with van der Waals surface area (Å²) < 4.78 is 0.168. The molecule has 0 heterocycles. The Bertz CT molecular complexity index is 707. The number of nitrogens with zero attached hydrogens (tertiary/aromatic N) is 1. The number of nitrogens with one attached hydrogen (secondary N) is 1. The van der Waals surface area contributed by atoms with Crippen LogP contribution in [-0.4, -0.2) is 38.1 Å². The van der Waals surface area contributed by atoms with Gasteiger partial charge in [-0.05, 0) is 24.3 Å². The Labute approximate surface area is 172 Å². The minimum absolute atomic E-state index is 0.123. The maximum absolute atomic E-state index is 12.3. The van der Waals surface area contributed by atoms with Crippen LogP contribution >= 0.6 is 69.6 Å². The number of alkyl halides is 6. The minimum Gasteiger partial charge on any atom is -0.497 e. The van der Waals surface area contributed by atoms with Gasteiger partial charge >= 0.3 is 0 Å². The number of benzene rings is 1. The van der Waals surface area contributed by atoms with E-state index in [2.05, 4.69) is 4.99 Å². The number of rotatable bonds is 3. The first kappa shape index (κ1) is 22.3. The molecule has 0 saturated heterocycles. The first-order valence-corrected chi connectivity index (χ1v) is 8.40. The predicted octanol–water partition coefficient (Wildman–Crippen LogP) is 3.39. The number of amides is 3. The molecule has 0 saturated carbocycles. The van der Waals surface area contributed by atoms with Crippen molar-refractivity contribution in [3.63, 3.8) is 0 Å². The lowest BCUT2D eigenvalue weighted by Gasteiger charge is -2.13. The second kappa shape index (κ2) is 8.75. The highest BCUT2D eigenvalue weighted by Crippen LogP contribution is 2.28. The maximum atomic E-state index is 12.3. The molecule has 1 aromatic carbocycles. The van der Waals surface area contributed by atoms with Crippen molar-refractivity contribution in [2.24, 2.45) is 4.99 Å². The molecule has 1 N–H and O–H groups in total. The highest BCUT2D eigenvalue weighted by Gasteiger charge is 2.35. The lowest BCUT2D eigenvalue weighted by molar-refractivity contribution is -0.127. The third-order valence-corrected chi connectivity index (χ3v) is 3.52. The van der Waals surface area contributed by atoms with E-state index in [4.69, 9.17) is 74.3 Å². The van der Waals surface area contributed by atoms with Crippen molar-refractivity contribution in [2.75, 3.05) is 7.11 Å². The summed E-state index contributed by atoms with van der Waals surface area (Å²) in [5, 5.41) is 1.79. The zero-order valence-corrected chi connectivity index (χ0v) is 16.7. The Morgan fingerprint density at radius 3 is 1.88 bits per heavy atom. The van der Waals surface area contributed by atoms with Gasteiger partial charge < -0.3 is 4.74 Å². The van der Waals surface area contributed by atoms with E-state index in [9.17, 15) is 14.4 Å². The van der Waals surface area contributed by atoms with Crippen LogP contribution < -0.4 is 10.1 Å². The van der Waals surface area contributed by atoms with Gasteiger partial charge in [0.25, 0.3) is 25.3 Å². The normalized spacial score (nSPS) is 12.5. The van der Waals surface area contributed by atoms with E-state index < -0.39 is 31.0 Å². The molecule has 1 aromatic rings. The van der Waals surface area contributed by atoms with Crippen LogP contribution in [0, 0.1) is 0 Å². The van der Waals surface area contributed by atoms with Gasteiger partial charge in [0.15, 0.2) is 0 Å². The standard InChI is InChI=1S/C13H8Cl6N2O4/c1-25-7-4-2-6(3-5-7)8(20-10(23)12(14,15)16)9(22)21-11(24)13(17,18)19/h2-5H,1H3,(H,21,22,24). The minimum atomic E-state index is -2.41. The van der Waals surface area contributed by atoms with Gasteiger partial charge in [0.1, 0.15) is 11.5 Å². The summed E-state index contributed by atoms with van der Waals surface area (Å²) in [6.07, 6.45) is 0. The molecule has 3 amide bonds. The number of aliphatic imine (C=N–C) groups is 1. The quantitative estimate of drug-likeness (QED) is 0.544. The van der Waals surface area contributed by atoms with Gasteiger partial charge in [-0.3, -0.25) is 19.7 Å². The third kappa shape index (κ3) is 6.81. The second-order valence-electron chi connectivity index (χ2n) is 4.27. The summed E-state index contributed by atoms with van der Waals surface area (Å²) in [7, 11) is 1.43. The Hall–Kier alpha value is -0.760. The summed E-state index contributed by atoms with van der Waals surface area (Å²) in [6, 6.07) is 5.74. The number of ether oxygens (including phenoxy) is 1. The molecular formula is C13H8Cl6N2O4. The van der Waals surface area contributed by atoms with E-state index >= 15 is 0 Å². The van der Waals surface area contributed by atoms with Crippen LogP contribution in [0.3, 0.4) is 0 Å². The highest BCUT2D eigenvalue weighted by molar-refractivity contribution is 6.77. The molecule has 0 aromatic heterocycles. The SMILES string of the molecule is COc1ccc(C(=NC(=O)C(Cl)(Cl)Cl)C(=O)NC(=O)C(Cl)(Cl)Cl)cc1. The monoisotopic (exact) mass is 466 g/mol. The van der Waals surface area contributed by atoms with E-state index in [1.54, 1.807) is 5.32 Å². The Morgan fingerprint density at radius 2 is 1.48 bits per heavy atom. The van der Waals surface area contributed by atoms with Gasteiger partial charge in [0.2, 0.25) is 0 Å². The highest BCUT2D eigenvalue weighted by atomic mass is 35.6. The predicted molar refractivity (Wildman–Crippen MR) is 98.3 cm³/mol. The number of methoxy groups -OCH3 is 1. The molecule has 12 heteroatoms. The van der Waals surface area contributed by atoms with Gasteiger partial charge in [0.05, 0.1) is 7.11 Å². The number of hydrogen-bond acceptors (Lipinski definition) is 4. The van der Waals surface area contributed by atoms with E-state index in [0.29, 0.717) is 5.75 Å². The van der Waals surface area contributed by atoms with Gasteiger partial charge in [-0.1, -0.05) is 69.6 Å². The van der Waals surface area contributed by atoms with Gasteiger partial charge in [0, 0.05) is 5.56 Å². The lowest BCUT2D eigenvalue weighted by Crippen LogP contribution is -2.43. The topological polar surface area (TPSA) is 84.8 Å². The van der Waals surface area contributed by atoms with Gasteiger partial charge in [-0.25, -0.2) is 4.99 Å². The molecule has 1 rings (SSSR count). The van der Waals surface area contributed by atoms with Crippen molar-refractivity contribution < 1.29 is 19.1 Å². The van der Waals surface area contributed by atoms with E-state index in [1.165, 1.54) is 31.4 Å². The molecule has 6 nitrogen and oxygen atoms in total. The maximum Gasteiger partial charge on any atom is 0.298 e. The van der Waals surface area contributed by atoms with Crippen LogP contribution in [0.2, 0.25) is 0 Å². The molecular weight excluding hydrogens is 461 g/mol. The van der Waals surface area contributed by atoms with E-state index in [1.807, 2.05) is 0 Å². The summed E-state index contributed by atoms with van der Waals surface area (Å²) in [5.41, 5.74) is -0.403. The van der Waals surface area contributed by atoms with Gasteiger partial charge in [-0.15, -0.1) is 0 Å². The van der Waals surface area contributed by atoms with Crippen LogP contribution in [0.5, 0.6) is 5.75 Å². The smallest absolute Gasteiger partial charge is 0.298 e. The fraction of sp³-hybridized carbons (Fsp3) is 0.231. The summed E-state index contributed by atoms with van der Waals surface area (Å²) in [6.45, 7) is 0. The molecule has 0 unspecified atom stereocenters. The van der Waals surface area contributed by atoms with Crippen molar-refractivity contribution in [3.05, 3.63) is 29.8 Å². The van der Waals surface area contributed by atoms with Crippen LogP contribution in [0.15, 0.2) is 29.3 Å². The molecule has 0 aliphatic rings. The number of hydrogen-bond donors (Lipinski definition) is 1. The molecule has 0 radical (unpaired) electrons. The van der Waals surface area contributed by atoms with Crippen molar-refractivity contribution >= 4 is 93.0 Å². The number of halogens is 6. The van der Waals surface area contributed by atoms with Crippen molar-refractivity contribution in [3.8, 4) is 5.75 Å². The largest absolute Gasteiger partial charge is 0.497 e. The average molecular weight is 469 g/mol. The molecule has 0 atom stereocenters. The molecule has 0 bridgehead atoms. The molecule has 0 aliphatic carbocycles. The summed E-state index contributed by atoms with van der Waals surface area (Å²) in [5.74, 6) is -3.16. The summed E-state index contributed by atoms with van der Waals surface area (Å²) >= 11 is 32.4. The molecule has 0 fully saturated rings. The molecule has 0 spiro atoms. The Balaban J connectivity index is 3.27. The third-order valence-electron chi connectivity index (χ3n) is 2.52. The van der Waals surface area contributed by atoms with Gasteiger partial charge in [-0.2, -0.15) is 0 Å². The van der Waals surface area contributed by atoms with Crippen molar-refractivity contribution in [1.29, 1.82) is 0 Å². The zero-order valence-electron chi connectivity index (χ0n) is 12.2.